The van der Waals surface area contributed by atoms with Crippen LogP contribution in [0.15, 0.2) is 30.3 Å². The molecule has 1 amide bonds. The Morgan fingerprint density at radius 3 is 2.10 bits per heavy atom. The molecule has 40 heavy (non-hydrogen) atoms. The fourth-order valence-electron chi connectivity index (χ4n) is 5.15. The Kier molecular flexibility index (Phi) is 9.10. The molecule has 4 nitrogen and oxygen atoms in total. The van der Waals surface area contributed by atoms with Crippen LogP contribution < -0.4 is 4.48 Å². The third-order valence-corrected chi connectivity index (χ3v) is 7.34. The predicted molar refractivity (Wildman–Crippen MR) is 131 cm³/mol. The molecule has 0 aromatic heterocycles. The zero-order valence-electron chi connectivity index (χ0n) is 21.2. The summed E-state index contributed by atoms with van der Waals surface area (Å²) in [6, 6.07) is 2.99. The number of ether oxygens (including phenoxy) is 1. The number of fused-ring (bicyclic) bond motifs is 1. The highest BCUT2D eigenvalue weighted by atomic mass is 32.2. The van der Waals surface area contributed by atoms with Gasteiger partial charge in [-0.05, 0) is 48.9 Å². The number of benzene rings is 2. The summed E-state index contributed by atoms with van der Waals surface area (Å²) in [5, 5.41) is 9.00. The maximum absolute atomic E-state index is 14.6. The van der Waals surface area contributed by atoms with Crippen molar-refractivity contribution in [3.63, 3.8) is 0 Å². The first-order valence-electron chi connectivity index (χ1n) is 12.0. The van der Waals surface area contributed by atoms with E-state index < -0.39 is 75.2 Å². The minimum Gasteiger partial charge on any atom is -0.419 e. The van der Waals surface area contributed by atoms with Crippen LogP contribution in [0, 0.1) is 11.3 Å². The van der Waals surface area contributed by atoms with Crippen molar-refractivity contribution in [2.75, 3.05) is 18.6 Å². The van der Waals surface area contributed by atoms with Gasteiger partial charge in [0, 0.05) is 23.8 Å². The van der Waals surface area contributed by atoms with Crippen molar-refractivity contribution in [1.29, 1.82) is 5.26 Å². The molecule has 2 unspecified atom stereocenters. The smallest absolute Gasteiger partial charge is 0.419 e. The van der Waals surface area contributed by atoms with Crippen molar-refractivity contribution in [3.8, 4) is 6.07 Å². The lowest BCUT2D eigenvalue weighted by atomic mass is 9.86. The quantitative estimate of drug-likeness (QED) is 0.189. The molecule has 1 heterocycles. The molecule has 0 fully saturated rings. The molecule has 0 spiro atoms. The first-order chi connectivity index (χ1) is 18.5. The van der Waals surface area contributed by atoms with E-state index in [1.807, 2.05) is 0 Å². The van der Waals surface area contributed by atoms with E-state index in [1.54, 1.807) is 6.26 Å². The van der Waals surface area contributed by atoms with Crippen LogP contribution in [0.5, 0.6) is 0 Å². The number of amides is 1. The van der Waals surface area contributed by atoms with Gasteiger partial charge in [-0.1, -0.05) is 6.92 Å². The van der Waals surface area contributed by atoms with Crippen LogP contribution in [0.4, 0.5) is 55.7 Å². The Morgan fingerprint density at radius 2 is 1.62 bits per heavy atom. The number of carbonyl (C=O) groups is 1. The van der Waals surface area contributed by atoms with Crippen molar-refractivity contribution in [1.82, 2.24) is 4.48 Å². The Balaban J connectivity index is 2.59. The van der Waals surface area contributed by atoms with Gasteiger partial charge in [0.05, 0.1) is 18.1 Å². The van der Waals surface area contributed by atoms with Gasteiger partial charge in [0.2, 0.25) is 0 Å². The summed E-state index contributed by atoms with van der Waals surface area (Å²) in [6.07, 6.45) is -16.8. The summed E-state index contributed by atoms with van der Waals surface area (Å²) in [6.45, 7) is 1.11. The monoisotopic (exact) mass is 599 g/mol. The van der Waals surface area contributed by atoms with Crippen molar-refractivity contribution in [2.45, 2.75) is 57.2 Å². The van der Waals surface area contributed by atoms with E-state index in [4.69, 9.17) is 10.00 Å². The van der Waals surface area contributed by atoms with Crippen molar-refractivity contribution >= 4 is 29.2 Å². The molecule has 1 aliphatic heterocycles. The molecule has 218 valence electrons. The third-order valence-electron chi connectivity index (χ3n) is 6.77. The number of quaternary nitrogens is 1. The fourth-order valence-corrected chi connectivity index (χ4v) is 5.40. The number of rotatable bonds is 6. The number of carbonyl (C=O) groups excluding carboxylic acids is 1. The van der Waals surface area contributed by atoms with Crippen LogP contribution in [-0.2, 0) is 36.1 Å². The minimum absolute atomic E-state index is 0.105. The number of hydrogen-bond donors (Lipinski definition) is 0. The zero-order valence-corrected chi connectivity index (χ0v) is 22.0. The molecule has 3 rings (SSSR count). The SMILES string of the molecule is CCC1CCc2cc(C(F)(F)F)ccc2[N+]1(C(=O)OCCSC)c1c(C(F)(F)F)cc(CC#N)cc1C(F)(F)F. The molecule has 0 saturated heterocycles. The molecule has 1 aliphatic rings. The lowest BCUT2D eigenvalue weighted by Crippen LogP contribution is -2.60. The molecular weight excluding hydrogens is 575 g/mol. The number of halogens is 9. The van der Waals surface area contributed by atoms with Crippen molar-refractivity contribution in [3.05, 3.63) is 58.1 Å². The van der Waals surface area contributed by atoms with Gasteiger partial charge < -0.3 is 4.74 Å². The molecule has 14 heteroatoms. The third kappa shape index (κ3) is 5.90. The molecule has 2 aromatic carbocycles. The number of nitriles is 1. The largest absolute Gasteiger partial charge is 0.526 e. The van der Waals surface area contributed by atoms with Crippen LogP contribution in [0.1, 0.15) is 47.6 Å². The van der Waals surface area contributed by atoms with E-state index in [-0.39, 0.29) is 37.2 Å². The lowest BCUT2D eigenvalue weighted by Gasteiger charge is -2.45. The highest BCUT2D eigenvalue weighted by molar-refractivity contribution is 7.98. The van der Waals surface area contributed by atoms with Crippen LogP contribution in [0.25, 0.3) is 0 Å². The first-order valence-corrected chi connectivity index (χ1v) is 13.4. The Bertz CT molecular complexity index is 1260. The number of alkyl halides is 9. The van der Waals surface area contributed by atoms with Crippen molar-refractivity contribution in [2.24, 2.45) is 0 Å². The summed E-state index contributed by atoms with van der Waals surface area (Å²) >= 11 is 1.20. The number of thioether (sulfide) groups is 1. The molecular formula is C26H24F9N2O2S+. The van der Waals surface area contributed by atoms with Gasteiger partial charge in [-0.25, -0.2) is 0 Å². The molecule has 2 aromatic rings. The topological polar surface area (TPSA) is 50.1 Å². The number of nitrogens with zero attached hydrogens (tertiary/aromatic N) is 2. The maximum atomic E-state index is 14.6. The molecule has 0 radical (unpaired) electrons. The maximum Gasteiger partial charge on any atom is 0.526 e. The number of hydrogen-bond acceptors (Lipinski definition) is 4. The molecule has 0 N–H and O–H groups in total. The zero-order chi connectivity index (χ0) is 30.1. The van der Waals surface area contributed by atoms with Gasteiger partial charge in [-0.3, -0.25) is 0 Å². The van der Waals surface area contributed by atoms with Gasteiger partial charge in [-0.2, -0.15) is 65.8 Å². The fraction of sp³-hybridized carbons (Fsp3) is 0.462. The second-order valence-corrected chi connectivity index (χ2v) is 10.1. The minimum atomic E-state index is -5.44. The summed E-state index contributed by atoms with van der Waals surface area (Å²) in [4.78, 5) is 13.9. The van der Waals surface area contributed by atoms with Crippen LogP contribution in [0.3, 0.4) is 0 Å². The molecule has 0 saturated carbocycles. The average molecular weight is 600 g/mol. The van der Waals surface area contributed by atoms with Crippen molar-refractivity contribution < 1.29 is 49.0 Å². The van der Waals surface area contributed by atoms with Crippen LogP contribution in [-0.4, -0.2) is 30.8 Å². The second-order valence-electron chi connectivity index (χ2n) is 9.14. The van der Waals surface area contributed by atoms with Gasteiger partial charge in [-0.15, -0.1) is 0 Å². The molecule has 0 aliphatic carbocycles. The molecule has 0 bridgehead atoms. The Hall–Kier alpha value is -2.92. The van der Waals surface area contributed by atoms with E-state index in [9.17, 15) is 44.3 Å². The van der Waals surface area contributed by atoms with Gasteiger partial charge in [0.15, 0.2) is 11.4 Å². The number of aryl methyl sites for hydroxylation is 1. The first kappa shape index (κ1) is 31.6. The average Bonchev–Trinajstić information content (AvgIpc) is 2.85. The van der Waals surface area contributed by atoms with E-state index >= 15 is 0 Å². The standard InChI is InChI=1S/C26H24F9N2O2S/c1-3-18-6-4-16-14-17(24(27,28)29)5-7-21(16)37(18,23(38)39-10-11-40-2)22-19(25(30,31)32)12-15(8-9-36)13-20(22)26(33,34)35/h5,7,12-14,18H,3-4,6,8,10-11H2,1-2H3/q+1. The Morgan fingerprint density at radius 1 is 1.02 bits per heavy atom. The Labute approximate surface area is 228 Å². The predicted octanol–water partition coefficient (Wildman–Crippen LogP) is 8.67. The lowest BCUT2D eigenvalue weighted by molar-refractivity contribution is -0.143. The van der Waals surface area contributed by atoms with Crippen LogP contribution >= 0.6 is 11.8 Å². The highest BCUT2D eigenvalue weighted by Gasteiger charge is 2.60. The summed E-state index contributed by atoms with van der Waals surface area (Å²) in [5.41, 5.74) is -7.54. The van der Waals surface area contributed by atoms with Gasteiger partial charge in [0.1, 0.15) is 23.8 Å². The van der Waals surface area contributed by atoms with Gasteiger partial charge in [0.25, 0.3) is 0 Å². The summed E-state index contributed by atoms with van der Waals surface area (Å²) < 4.78 is 132. The second kappa shape index (κ2) is 11.5. The normalized spacial score (nSPS) is 19.6. The highest BCUT2D eigenvalue weighted by Crippen LogP contribution is 2.55. The van der Waals surface area contributed by atoms with E-state index in [2.05, 4.69) is 0 Å². The van der Waals surface area contributed by atoms with E-state index in [1.165, 1.54) is 24.8 Å². The summed E-state index contributed by atoms with van der Waals surface area (Å²) in [7, 11) is 0. The molecule has 2 atom stereocenters. The van der Waals surface area contributed by atoms with E-state index in [0.29, 0.717) is 24.3 Å². The van der Waals surface area contributed by atoms with E-state index in [0.717, 1.165) is 6.07 Å². The van der Waals surface area contributed by atoms with Crippen LogP contribution in [0.2, 0.25) is 0 Å². The van der Waals surface area contributed by atoms with Gasteiger partial charge >= 0.3 is 24.6 Å². The summed E-state index contributed by atoms with van der Waals surface area (Å²) in [5.74, 6) is 0.168.